The lowest BCUT2D eigenvalue weighted by Gasteiger charge is -2.03. The van der Waals surface area contributed by atoms with Crippen LogP contribution in [0.25, 0.3) is 10.9 Å². The van der Waals surface area contributed by atoms with E-state index in [0.29, 0.717) is 22.0 Å². The van der Waals surface area contributed by atoms with E-state index in [0.717, 1.165) is 4.68 Å². The Bertz CT molecular complexity index is 999. The highest BCUT2D eigenvalue weighted by Gasteiger charge is 2.06. The summed E-state index contributed by atoms with van der Waals surface area (Å²) in [5.74, 6) is 0.0662. The fourth-order valence-corrected chi connectivity index (χ4v) is 2.16. The van der Waals surface area contributed by atoms with Crippen molar-refractivity contribution < 1.29 is 5.11 Å². The molecule has 0 saturated heterocycles. The van der Waals surface area contributed by atoms with Crippen molar-refractivity contribution in [1.82, 2.24) is 9.66 Å². The molecule has 3 aromatic rings. The van der Waals surface area contributed by atoms with Crippen molar-refractivity contribution in [2.75, 3.05) is 0 Å². The second-order valence-corrected chi connectivity index (χ2v) is 4.85. The van der Waals surface area contributed by atoms with E-state index in [9.17, 15) is 14.7 Å². The maximum Gasteiger partial charge on any atom is 0.349 e. The van der Waals surface area contributed by atoms with Crippen LogP contribution in [0.1, 0.15) is 11.1 Å². The molecule has 0 atom stereocenters. The normalized spacial score (nSPS) is 11.3. The van der Waals surface area contributed by atoms with Crippen molar-refractivity contribution in [3.63, 3.8) is 0 Å². The summed E-state index contributed by atoms with van der Waals surface area (Å²) in [6, 6.07) is 11.9. The van der Waals surface area contributed by atoms with Crippen LogP contribution in [0.15, 0.2) is 57.2 Å². The van der Waals surface area contributed by atoms with Crippen molar-refractivity contribution in [2.45, 2.75) is 6.92 Å². The first kappa shape index (κ1) is 13.8. The number of H-pyrrole nitrogens is 1. The van der Waals surface area contributed by atoms with Gasteiger partial charge < -0.3 is 10.1 Å². The number of benzene rings is 2. The van der Waals surface area contributed by atoms with Crippen molar-refractivity contribution in [1.29, 1.82) is 0 Å². The molecule has 6 nitrogen and oxygen atoms in total. The molecule has 0 spiro atoms. The van der Waals surface area contributed by atoms with Crippen LogP contribution in [-0.4, -0.2) is 21.0 Å². The van der Waals surface area contributed by atoms with E-state index in [1.54, 1.807) is 49.4 Å². The van der Waals surface area contributed by atoms with Gasteiger partial charge in [-0.15, -0.1) is 4.68 Å². The predicted molar refractivity (Wildman–Crippen MR) is 84.7 cm³/mol. The molecule has 3 rings (SSSR count). The third-order valence-electron chi connectivity index (χ3n) is 3.37. The fraction of sp³-hybridized carbons (Fsp3) is 0.0625. The molecule has 0 saturated carbocycles. The lowest BCUT2D eigenvalue weighted by molar-refractivity contribution is 0.470. The number of rotatable bonds is 2. The van der Waals surface area contributed by atoms with Crippen LogP contribution < -0.4 is 11.2 Å². The summed E-state index contributed by atoms with van der Waals surface area (Å²) in [6.07, 6.45) is 1.29. The average molecular weight is 295 g/mol. The standard InChI is InChI=1S/C16H13N3O3/c1-10-5-4-6-11(14(10)20)9-17-19-15(21)12-7-2-3-8-13(12)18-16(19)22/h2-9,20H,1H3,(H,18,22)/b17-9+. The quantitative estimate of drug-likeness (QED) is 0.704. The van der Waals surface area contributed by atoms with Gasteiger partial charge in [0.15, 0.2) is 0 Å². The van der Waals surface area contributed by atoms with Gasteiger partial charge >= 0.3 is 5.69 Å². The summed E-state index contributed by atoms with van der Waals surface area (Å²) in [5, 5.41) is 14.2. The van der Waals surface area contributed by atoms with Gasteiger partial charge in [0, 0.05) is 5.56 Å². The van der Waals surface area contributed by atoms with Crippen molar-refractivity contribution >= 4 is 17.1 Å². The minimum Gasteiger partial charge on any atom is -0.507 e. The molecule has 0 amide bonds. The number of aryl methyl sites for hydroxylation is 1. The second kappa shape index (κ2) is 5.33. The highest BCUT2D eigenvalue weighted by Crippen LogP contribution is 2.19. The molecule has 0 aliphatic heterocycles. The third kappa shape index (κ3) is 2.31. The van der Waals surface area contributed by atoms with Crippen LogP contribution in [0.2, 0.25) is 0 Å². The maximum atomic E-state index is 12.3. The van der Waals surface area contributed by atoms with E-state index < -0.39 is 11.2 Å². The first-order chi connectivity index (χ1) is 10.6. The zero-order valence-electron chi connectivity index (χ0n) is 11.8. The Morgan fingerprint density at radius 2 is 1.91 bits per heavy atom. The number of aromatic amines is 1. The van der Waals surface area contributed by atoms with Gasteiger partial charge in [-0.05, 0) is 30.7 Å². The third-order valence-corrected chi connectivity index (χ3v) is 3.37. The summed E-state index contributed by atoms with van der Waals surface area (Å²) in [7, 11) is 0. The monoisotopic (exact) mass is 295 g/mol. The summed E-state index contributed by atoms with van der Waals surface area (Å²) < 4.78 is 0.740. The number of nitrogens with zero attached hydrogens (tertiary/aromatic N) is 2. The first-order valence-electron chi connectivity index (χ1n) is 6.65. The molecular weight excluding hydrogens is 282 g/mol. The topological polar surface area (TPSA) is 87.5 Å². The van der Waals surface area contributed by atoms with Gasteiger partial charge in [0.1, 0.15) is 5.75 Å². The molecule has 0 unspecified atom stereocenters. The van der Waals surface area contributed by atoms with Crippen LogP contribution in [0.5, 0.6) is 5.75 Å². The highest BCUT2D eigenvalue weighted by molar-refractivity contribution is 5.84. The Kier molecular flexibility index (Phi) is 3.34. The van der Waals surface area contributed by atoms with Gasteiger partial charge in [0.05, 0.1) is 17.1 Å². The molecule has 1 heterocycles. The zero-order valence-corrected chi connectivity index (χ0v) is 11.8. The highest BCUT2D eigenvalue weighted by atomic mass is 16.3. The fourth-order valence-electron chi connectivity index (χ4n) is 2.16. The Balaban J connectivity index is 2.15. The van der Waals surface area contributed by atoms with E-state index in [1.807, 2.05) is 0 Å². The Morgan fingerprint density at radius 3 is 2.73 bits per heavy atom. The predicted octanol–water partition coefficient (Wildman–Crippen LogP) is 1.59. The number of para-hydroxylation sites is 2. The van der Waals surface area contributed by atoms with E-state index in [4.69, 9.17) is 0 Å². The molecule has 6 heteroatoms. The van der Waals surface area contributed by atoms with Crippen LogP contribution in [-0.2, 0) is 0 Å². The number of phenols is 1. The molecule has 0 radical (unpaired) electrons. The molecule has 0 fully saturated rings. The van der Waals surface area contributed by atoms with E-state index in [-0.39, 0.29) is 5.75 Å². The van der Waals surface area contributed by atoms with Crippen molar-refractivity contribution in [3.8, 4) is 5.75 Å². The molecule has 22 heavy (non-hydrogen) atoms. The SMILES string of the molecule is Cc1cccc(/C=N/n2c(=O)[nH]c3ccccc3c2=O)c1O. The van der Waals surface area contributed by atoms with Crippen LogP contribution in [0.3, 0.4) is 0 Å². The van der Waals surface area contributed by atoms with E-state index in [2.05, 4.69) is 10.1 Å². The number of hydrogen-bond donors (Lipinski definition) is 2. The van der Waals surface area contributed by atoms with Crippen molar-refractivity contribution in [2.24, 2.45) is 5.10 Å². The second-order valence-electron chi connectivity index (χ2n) is 4.85. The van der Waals surface area contributed by atoms with Gasteiger partial charge in [0.25, 0.3) is 5.56 Å². The van der Waals surface area contributed by atoms with E-state index >= 15 is 0 Å². The molecule has 110 valence electrons. The molecule has 2 N–H and O–H groups in total. The van der Waals surface area contributed by atoms with Crippen LogP contribution in [0, 0.1) is 6.92 Å². The Labute approximate surface area is 125 Å². The largest absolute Gasteiger partial charge is 0.507 e. The number of aromatic hydroxyl groups is 1. The molecule has 0 bridgehead atoms. The Morgan fingerprint density at radius 1 is 1.14 bits per heavy atom. The van der Waals surface area contributed by atoms with Crippen LogP contribution >= 0.6 is 0 Å². The first-order valence-corrected chi connectivity index (χ1v) is 6.65. The molecule has 2 aromatic carbocycles. The Hall–Kier alpha value is -3.15. The average Bonchev–Trinajstić information content (AvgIpc) is 2.51. The van der Waals surface area contributed by atoms with Gasteiger partial charge in [-0.25, -0.2) is 4.79 Å². The number of hydrogen-bond acceptors (Lipinski definition) is 4. The van der Waals surface area contributed by atoms with Gasteiger partial charge in [-0.1, -0.05) is 24.3 Å². The minimum atomic E-state index is -0.632. The number of fused-ring (bicyclic) bond motifs is 1. The molecule has 0 aliphatic carbocycles. The smallest absolute Gasteiger partial charge is 0.349 e. The van der Waals surface area contributed by atoms with Crippen molar-refractivity contribution in [3.05, 3.63) is 74.4 Å². The van der Waals surface area contributed by atoms with Gasteiger partial charge in [-0.3, -0.25) is 4.79 Å². The molecular formula is C16H13N3O3. The number of nitrogens with one attached hydrogen (secondary N) is 1. The van der Waals surface area contributed by atoms with Crippen LogP contribution in [0.4, 0.5) is 0 Å². The molecule has 1 aromatic heterocycles. The summed E-state index contributed by atoms with van der Waals surface area (Å²) >= 11 is 0. The summed E-state index contributed by atoms with van der Waals surface area (Å²) in [4.78, 5) is 26.8. The summed E-state index contributed by atoms with van der Waals surface area (Å²) in [6.45, 7) is 1.75. The minimum absolute atomic E-state index is 0.0662. The van der Waals surface area contributed by atoms with Gasteiger partial charge in [0.2, 0.25) is 0 Å². The lowest BCUT2D eigenvalue weighted by Crippen LogP contribution is -2.32. The maximum absolute atomic E-state index is 12.3. The molecule has 0 aliphatic rings. The van der Waals surface area contributed by atoms with Gasteiger partial charge in [-0.2, -0.15) is 5.10 Å². The number of phenolic OH excluding ortho intramolecular Hbond substituents is 1. The number of aromatic nitrogens is 2. The van der Waals surface area contributed by atoms with E-state index in [1.165, 1.54) is 6.21 Å². The zero-order chi connectivity index (χ0) is 15.7. The summed E-state index contributed by atoms with van der Waals surface area (Å²) in [5.41, 5.74) is 0.431. The lowest BCUT2D eigenvalue weighted by atomic mass is 10.1.